The van der Waals surface area contributed by atoms with E-state index in [2.05, 4.69) is 15.2 Å². The van der Waals surface area contributed by atoms with E-state index in [4.69, 9.17) is 10.5 Å². The molecule has 1 aliphatic carbocycles. The number of aromatic nitrogens is 5. The maximum Gasteiger partial charge on any atom is 0.435 e. The molecule has 10 heteroatoms. The summed E-state index contributed by atoms with van der Waals surface area (Å²) in [4.78, 5) is 4.38. The first-order chi connectivity index (χ1) is 17.2. The van der Waals surface area contributed by atoms with Crippen molar-refractivity contribution in [2.24, 2.45) is 5.92 Å². The lowest BCUT2D eigenvalue weighted by Crippen LogP contribution is -2.14. The summed E-state index contributed by atoms with van der Waals surface area (Å²) in [5.41, 5.74) is 10.2. The van der Waals surface area contributed by atoms with Crippen LogP contribution in [0.3, 0.4) is 0 Å². The predicted molar refractivity (Wildman–Crippen MR) is 128 cm³/mol. The highest BCUT2D eigenvalue weighted by Crippen LogP contribution is 2.39. The second-order valence-electron chi connectivity index (χ2n) is 9.68. The molecule has 0 amide bonds. The zero-order valence-corrected chi connectivity index (χ0v) is 19.9. The average Bonchev–Trinajstić information content (AvgIpc) is 3.40. The van der Waals surface area contributed by atoms with Crippen LogP contribution >= 0.6 is 0 Å². The van der Waals surface area contributed by atoms with Crippen molar-refractivity contribution in [2.75, 3.05) is 5.73 Å². The molecular weight excluding hydrogens is 469 g/mol. The Bertz CT molecular complexity index is 1470. The molecule has 1 aromatic carbocycles. The average molecular weight is 495 g/mol. The quantitative estimate of drug-likeness (QED) is 0.398. The van der Waals surface area contributed by atoms with Crippen molar-refractivity contribution in [2.45, 2.75) is 51.9 Å². The summed E-state index contributed by atoms with van der Waals surface area (Å²) >= 11 is 0. The van der Waals surface area contributed by atoms with Crippen LogP contribution in [0.5, 0.6) is 5.75 Å². The lowest BCUT2D eigenvalue weighted by atomic mass is 10.0. The SMILES string of the molecule is Cc1ccc2c(c1)[C@@H](C)Oc1cc(cnc1N)-c1c(cnn1CC1CC1)Cc1cc(C(F)(F)F)nn1-2. The molecule has 7 nitrogen and oxygen atoms in total. The predicted octanol–water partition coefficient (Wildman–Crippen LogP) is 5.49. The summed E-state index contributed by atoms with van der Waals surface area (Å²) in [7, 11) is 0. The van der Waals surface area contributed by atoms with Gasteiger partial charge in [0.1, 0.15) is 6.10 Å². The fourth-order valence-electron chi connectivity index (χ4n) is 4.78. The topological polar surface area (TPSA) is 83.8 Å². The van der Waals surface area contributed by atoms with Gasteiger partial charge in [-0.25, -0.2) is 9.67 Å². The van der Waals surface area contributed by atoms with Crippen LogP contribution in [0, 0.1) is 12.8 Å². The third-order valence-corrected chi connectivity index (χ3v) is 6.80. The summed E-state index contributed by atoms with van der Waals surface area (Å²) < 4.78 is 51.0. The fourth-order valence-corrected chi connectivity index (χ4v) is 4.78. The van der Waals surface area contributed by atoms with E-state index < -0.39 is 18.0 Å². The number of halogens is 3. The summed E-state index contributed by atoms with van der Waals surface area (Å²) in [6.45, 7) is 4.50. The molecule has 36 heavy (non-hydrogen) atoms. The van der Waals surface area contributed by atoms with E-state index in [-0.39, 0.29) is 12.2 Å². The number of benzene rings is 1. The standard InChI is InChI=1S/C26H25F3N6O/c1-14-3-6-21-20(7-14)15(2)36-22-9-18(11-31-25(22)30)24-17(12-32-34(24)13-16-4-5-16)8-19-10-23(26(27,28)29)33-35(19)21/h3,6-7,9-12,15-16H,4-5,8,13H2,1-2H3,(H2,30,31)/t15-/m1/s1. The fraction of sp³-hybridized carbons (Fsp3) is 0.346. The van der Waals surface area contributed by atoms with Crippen LogP contribution in [-0.2, 0) is 19.1 Å². The minimum absolute atomic E-state index is 0.214. The van der Waals surface area contributed by atoms with Gasteiger partial charge in [-0.05, 0) is 50.8 Å². The number of rotatable bonds is 2. The van der Waals surface area contributed by atoms with Gasteiger partial charge in [0.15, 0.2) is 17.3 Å². The maximum atomic E-state index is 13.8. The molecule has 4 aromatic rings. The number of aryl methyl sites for hydroxylation is 1. The molecule has 186 valence electrons. The Balaban J connectivity index is 1.61. The number of anilines is 1. The van der Waals surface area contributed by atoms with Crippen molar-refractivity contribution in [1.29, 1.82) is 0 Å². The van der Waals surface area contributed by atoms with Crippen molar-refractivity contribution in [1.82, 2.24) is 24.5 Å². The van der Waals surface area contributed by atoms with E-state index in [1.54, 1.807) is 18.5 Å². The molecule has 1 saturated carbocycles. The Morgan fingerprint density at radius 3 is 2.69 bits per heavy atom. The van der Waals surface area contributed by atoms with Gasteiger partial charge in [-0.3, -0.25) is 4.68 Å². The molecule has 1 aliphatic heterocycles. The molecule has 0 saturated heterocycles. The smallest absolute Gasteiger partial charge is 0.435 e. The normalized spacial score (nSPS) is 17.3. The summed E-state index contributed by atoms with van der Waals surface area (Å²) in [5.74, 6) is 1.20. The van der Waals surface area contributed by atoms with Crippen LogP contribution in [0.15, 0.2) is 42.7 Å². The molecule has 0 radical (unpaired) electrons. The van der Waals surface area contributed by atoms with Crippen LogP contribution in [0.25, 0.3) is 16.9 Å². The van der Waals surface area contributed by atoms with E-state index in [0.717, 1.165) is 47.8 Å². The second-order valence-corrected chi connectivity index (χ2v) is 9.68. The number of nitrogens with zero attached hydrogens (tertiary/aromatic N) is 5. The van der Waals surface area contributed by atoms with Crippen molar-refractivity contribution >= 4 is 5.82 Å². The third-order valence-electron chi connectivity index (χ3n) is 6.80. The van der Waals surface area contributed by atoms with E-state index in [1.807, 2.05) is 36.7 Å². The van der Waals surface area contributed by atoms with Gasteiger partial charge >= 0.3 is 6.18 Å². The Hall–Kier alpha value is -3.82. The summed E-state index contributed by atoms with van der Waals surface area (Å²) in [6, 6.07) is 8.50. The number of alkyl halides is 3. The first-order valence-electron chi connectivity index (χ1n) is 11.9. The number of ether oxygens (including phenoxy) is 1. The van der Waals surface area contributed by atoms with E-state index >= 15 is 0 Å². The lowest BCUT2D eigenvalue weighted by molar-refractivity contribution is -0.141. The van der Waals surface area contributed by atoms with E-state index in [1.165, 1.54) is 4.68 Å². The molecule has 1 fully saturated rings. The molecule has 3 aromatic heterocycles. The highest BCUT2D eigenvalue weighted by molar-refractivity contribution is 5.68. The number of pyridine rings is 1. The lowest BCUT2D eigenvalue weighted by Gasteiger charge is -2.22. The summed E-state index contributed by atoms with van der Waals surface area (Å²) in [5, 5.41) is 8.62. The van der Waals surface area contributed by atoms with Crippen molar-refractivity contribution < 1.29 is 17.9 Å². The molecule has 0 unspecified atom stereocenters. The van der Waals surface area contributed by atoms with Crippen LogP contribution in [0.1, 0.15) is 53.9 Å². The second kappa shape index (κ2) is 8.11. The van der Waals surface area contributed by atoms with Gasteiger partial charge in [-0.15, -0.1) is 0 Å². The van der Waals surface area contributed by atoms with Crippen LogP contribution in [0.4, 0.5) is 19.0 Å². The van der Waals surface area contributed by atoms with Crippen molar-refractivity contribution in [3.8, 4) is 22.7 Å². The van der Waals surface area contributed by atoms with Gasteiger partial charge in [-0.1, -0.05) is 17.7 Å². The summed E-state index contributed by atoms with van der Waals surface area (Å²) in [6.07, 6.45) is 0.774. The monoisotopic (exact) mass is 494 g/mol. The van der Waals surface area contributed by atoms with E-state index in [0.29, 0.717) is 28.6 Å². The first-order valence-corrected chi connectivity index (χ1v) is 11.9. The maximum absolute atomic E-state index is 13.8. The number of nitrogens with two attached hydrogens (primary N) is 1. The minimum atomic E-state index is -4.58. The molecule has 2 N–H and O–H groups in total. The molecule has 2 aliphatic rings. The van der Waals surface area contributed by atoms with Gasteiger partial charge < -0.3 is 10.5 Å². The van der Waals surface area contributed by atoms with Crippen LogP contribution in [-0.4, -0.2) is 24.5 Å². The molecule has 1 atom stereocenters. The van der Waals surface area contributed by atoms with Crippen molar-refractivity contribution in [3.63, 3.8) is 0 Å². The zero-order chi connectivity index (χ0) is 25.2. The van der Waals surface area contributed by atoms with Crippen molar-refractivity contribution in [3.05, 3.63) is 70.8 Å². The zero-order valence-electron chi connectivity index (χ0n) is 19.9. The third kappa shape index (κ3) is 4.00. The first kappa shape index (κ1) is 22.6. The minimum Gasteiger partial charge on any atom is -0.482 e. The Kier molecular flexibility index (Phi) is 5.10. The highest BCUT2D eigenvalue weighted by atomic mass is 19.4. The largest absolute Gasteiger partial charge is 0.482 e. The number of hydrogen-bond donors (Lipinski definition) is 1. The van der Waals surface area contributed by atoms with Gasteiger partial charge in [0, 0.05) is 41.5 Å². The van der Waals surface area contributed by atoms with E-state index in [9.17, 15) is 13.2 Å². The number of fused-ring (bicyclic) bond motifs is 7. The molecule has 4 heterocycles. The number of nitrogen functional groups attached to an aromatic ring is 1. The Morgan fingerprint density at radius 1 is 1.14 bits per heavy atom. The van der Waals surface area contributed by atoms with Crippen LogP contribution < -0.4 is 10.5 Å². The Morgan fingerprint density at radius 2 is 1.94 bits per heavy atom. The molecule has 0 spiro atoms. The molecule has 6 rings (SSSR count). The van der Waals surface area contributed by atoms with Gasteiger partial charge in [0.25, 0.3) is 0 Å². The molecular formula is C26H25F3N6O. The molecule has 2 bridgehead atoms. The number of hydrogen-bond acceptors (Lipinski definition) is 5. The Labute approximate surface area is 205 Å². The van der Waals surface area contributed by atoms with Crippen LogP contribution in [0.2, 0.25) is 0 Å². The van der Waals surface area contributed by atoms with Gasteiger partial charge in [-0.2, -0.15) is 23.4 Å². The van der Waals surface area contributed by atoms with Gasteiger partial charge in [0.05, 0.1) is 17.6 Å². The van der Waals surface area contributed by atoms with Gasteiger partial charge in [0.2, 0.25) is 0 Å². The highest BCUT2D eigenvalue weighted by Gasteiger charge is 2.36.